The van der Waals surface area contributed by atoms with Crippen LogP contribution in [0.2, 0.25) is 0 Å². The molecule has 0 aliphatic carbocycles. The monoisotopic (exact) mass is 289 g/mol. The quantitative estimate of drug-likeness (QED) is 0.598. The largest absolute Gasteiger partial charge is 0.491 e. The Morgan fingerprint density at radius 3 is 2.80 bits per heavy atom. The first-order chi connectivity index (χ1) is 9.36. The molecule has 0 bridgehead atoms. The summed E-state index contributed by atoms with van der Waals surface area (Å²) in [5, 5.41) is 27.6. The second kappa shape index (κ2) is 4.78. The first-order valence-corrected chi connectivity index (χ1v) is 5.33. The maximum atomic E-state index is 13.9. The Kier molecular flexibility index (Phi) is 3.43. The molecule has 0 amide bonds. The van der Waals surface area contributed by atoms with Crippen molar-refractivity contribution in [2.75, 3.05) is 6.61 Å². The van der Waals surface area contributed by atoms with Crippen molar-refractivity contribution < 1.29 is 28.8 Å². The van der Waals surface area contributed by atoms with Crippen LogP contribution in [-0.2, 0) is 4.74 Å². The lowest BCUT2D eigenvalue weighted by Gasteiger charge is -2.16. The summed E-state index contributed by atoms with van der Waals surface area (Å²) in [6.45, 7) is 5.83. The van der Waals surface area contributed by atoms with Crippen molar-refractivity contribution in [3.8, 4) is 5.88 Å². The van der Waals surface area contributed by atoms with Crippen LogP contribution in [0.1, 0.15) is 6.23 Å². The molecule has 4 unspecified atom stereocenters. The van der Waals surface area contributed by atoms with Crippen molar-refractivity contribution in [2.45, 2.75) is 24.2 Å². The van der Waals surface area contributed by atoms with Crippen LogP contribution in [-0.4, -0.2) is 49.5 Å². The van der Waals surface area contributed by atoms with Crippen LogP contribution in [0, 0.1) is 12.4 Å². The van der Waals surface area contributed by atoms with Gasteiger partial charge in [0.2, 0.25) is 5.82 Å². The molecule has 0 spiro atoms. The summed E-state index contributed by atoms with van der Waals surface area (Å²) in [4.78, 5) is 17.2. The fourth-order valence-corrected chi connectivity index (χ4v) is 1.84. The molecule has 0 saturated carbocycles. The van der Waals surface area contributed by atoms with Crippen molar-refractivity contribution in [3.05, 3.63) is 33.9 Å². The van der Waals surface area contributed by atoms with Gasteiger partial charge in [0.1, 0.15) is 0 Å². The van der Waals surface area contributed by atoms with Crippen LogP contribution >= 0.6 is 0 Å². The number of rotatable bonds is 2. The van der Waals surface area contributed by atoms with E-state index in [4.69, 9.17) is 21.5 Å². The molecule has 1 aromatic rings. The van der Waals surface area contributed by atoms with Crippen molar-refractivity contribution in [2.24, 2.45) is 0 Å². The molecule has 10 heteroatoms. The van der Waals surface area contributed by atoms with Crippen molar-refractivity contribution in [1.29, 1.82) is 0 Å². The molecular formula is C10H9F2N3O5. The lowest BCUT2D eigenvalue weighted by Crippen LogP contribution is -2.42. The van der Waals surface area contributed by atoms with Gasteiger partial charge in [0.05, 0.1) is 6.20 Å². The number of hydrogen-bond donors (Lipinski definition) is 3. The first-order valence-electron chi connectivity index (χ1n) is 5.33. The zero-order valence-corrected chi connectivity index (χ0v) is 9.77. The molecule has 1 fully saturated rings. The summed E-state index contributed by atoms with van der Waals surface area (Å²) in [5.41, 5.74) is -3.51. The van der Waals surface area contributed by atoms with Gasteiger partial charge >= 0.3 is 11.4 Å². The molecule has 1 aliphatic rings. The second-order valence-electron chi connectivity index (χ2n) is 4.11. The number of alkyl halides is 1. The Balaban J connectivity index is 2.48. The summed E-state index contributed by atoms with van der Waals surface area (Å²) < 4.78 is 32.3. The van der Waals surface area contributed by atoms with Crippen molar-refractivity contribution in [3.63, 3.8) is 0 Å². The molecule has 1 aliphatic heterocycles. The third kappa shape index (κ3) is 1.92. The lowest BCUT2D eigenvalue weighted by molar-refractivity contribution is -0.100. The summed E-state index contributed by atoms with van der Waals surface area (Å²) >= 11 is 0. The minimum Gasteiger partial charge on any atom is -0.491 e. The molecule has 2 rings (SSSR count). The molecule has 108 valence electrons. The number of aromatic hydroxyl groups is 1. The van der Waals surface area contributed by atoms with Gasteiger partial charge in [-0.15, -0.1) is 0 Å². The number of aliphatic hydroxyl groups is 2. The van der Waals surface area contributed by atoms with Crippen LogP contribution in [0.25, 0.3) is 4.85 Å². The third-order valence-electron chi connectivity index (χ3n) is 2.94. The zero-order chi connectivity index (χ0) is 15.1. The number of hydrogen-bond acceptors (Lipinski definition) is 6. The summed E-state index contributed by atoms with van der Waals surface area (Å²) in [7, 11) is 0. The van der Waals surface area contributed by atoms with E-state index in [0.29, 0.717) is 10.8 Å². The van der Waals surface area contributed by atoms with Crippen LogP contribution < -0.4 is 5.69 Å². The van der Waals surface area contributed by atoms with Gasteiger partial charge in [-0.25, -0.2) is 15.8 Å². The second-order valence-corrected chi connectivity index (χ2v) is 4.11. The highest BCUT2D eigenvalue weighted by Crippen LogP contribution is 2.39. The van der Waals surface area contributed by atoms with Crippen LogP contribution in [0.4, 0.5) is 8.78 Å². The number of ether oxygens (including phenoxy) is 1. The molecule has 0 aromatic carbocycles. The van der Waals surface area contributed by atoms with Crippen LogP contribution in [0.3, 0.4) is 0 Å². The molecule has 0 radical (unpaired) electrons. The third-order valence-corrected chi connectivity index (χ3v) is 2.94. The maximum absolute atomic E-state index is 13.9. The Labute approximate surface area is 110 Å². The Bertz CT molecular complexity index is 630. The summed E-state index contributed by atoms with van der Waals surface area (Å²) in [6, 6.07) is 0. The van der Waals surface area contributed by atoms with Gasteiger partial charge in [-0.3, -0.25) is 14.1 Å². The molecular weight excluding hydrogens is 280 g/mol. The molecule has 1 aromatic heterocycles. The van der Waals surface area contributed by atoms with Crippen LogP contribution in [0.5, 0.6) is 5.88 Å². The average Bonchev–Trinajstić information content (AvgIpc) is 2.68. The van der Waals surface area contributed by atoms with Crippen LogP contribution in [0.15, 0.2) is 11.0 Å². The Morgan fingerprint density at radius 2 is 2.30 bits per heavy atom. The molecule has 8 nitrogen and oxygen atoms in total. The predicted molar refractivity (Wildman–Crippen MR) is 57.6 cm³/mol. The summed E-state index contributed by atoms with van der Waals surface area (Å²) in [6.07, 6.45) is -5.70. The lowest BCUT2D eigenvalue weighted by atomic mass is 10.1. The standard InChI is InChI=1S/C10H9F2N3O5/c1-13-10(3-16)6(17)5(12)8(20-10)15-2-4(11)7(18)14-9(15)19/h2,5-6,8,16-17H,3H2,(H,14,18,19). The van der Waals surface area contributed by atoms with Gasteiger partial charge in [0, 0.05) is 0 Å². The predicted octanol–water partition coefficient (Wildman–Crippen LogP) is -1.08. The van der Waals surface area contributed by atoms with Gasteiger partial charge in [-0.1, -0.05) is 0 Å². The number of aromatic nitrogens is 2. The smallest absolute Gasteiger partial charge is 0.390 e. The molecule has 4 atom stereocenters. The molecule has 20 heavy (non-hydrogen) atoms. The van der Waals surface area contributed by atoms with Gasteiger partial charge in [-0.2, -0.15) is 9.37 Å². The SMILES string of the molecule is [C-]#[N+]C1(CO)OC(n2cc(F)c(O)nc2=O)C(F)C1O. The highest BCUT2D eigenvalue weighted by atomic mass is 19.1. The Hall–Kier alpha value is -2.09. The van der Waals surface area contributed by atoms with E-state index in [1.54, 1.807) is 0 Å². The normalized spacial score (nSPS) is 33.0. The van der Waals surface area contributed by atoms with Gasteiger partial charge in [0.15, 0.2) is 25.1 Å². The highest BCUT2D eigenvalue weighted by Gasteiger charge is 2.62. The van der Waals surface area contributed by atoms with E-state index in [2.05, 4.69) is 9.83 Å². The van der Waals surface area contributed by atoms with Gasteiger partial charge in [-0.05, 0) is 0 Å². The van der Waals surface area contributed by atoms with Crippen molar-refractivity contribution >= 4 is 0 Å². The fourth-order valence-electron chi connectivity index (χ4n) is 1.84. The van der Waals surface area contributed by atoms with E-state index >= 15 is 0 Å². The molecule has 2 heterocycles. The van der Waals surface area contributed by atoms with E-state index in [1.165, 1.54) is 0 Å². The van der Waals surface area contributed by atoms with E-state index in [1.807, 2.05) is 0 Å². The summed E-state index contributed by atoms with van der Waals surface area (Å²) in [5.74, 6) is -2.47. The number of aliphatic hydroxyl groups excluding tert-OH is 2. The Morgan fingerprint density at radius 1 is 1.65 bits per heavy atom. The minimum atomic E-state index is -2.28. The van der Waals surface area contributed by atoms with Gasteiger partial charge in [0.25, 0.3) is 5.88 Å². The zero-order valence-electron chi connectivity index (χ0n) is 9.77. The average molecular weight is 289 g/mol. The maximum Gasteiger partial charge on any atom is 0.390 e. The molecule has 1 saturated heterocycles. The first kappa shape index (κ1) is 14.3. The van der Waals surface area contributed by atoms with E-state index < -0.39 is 48.2 Å². The fraction of sp³-hybridized carbons (Fsp3) is 0.500. The van der Waals surface area contributed by atoms with Crippen molar-refractivity contribution in [1.82, 2.24) is 9.55 Å². The number of halogens is 2. The number of nitrogens with zero attached hydrogens (tertiary/aromatic N) is 3. The minimum absolute atomic E-state index is 0.353. The molecule has 3 N–H and O–H groups in total. The van der Waals surface area contributed by atoms with E-state index in [-0.39, 0.29) is 0 Å². The highest BCUT2D eigenvalue weighted by molar-refractivity contribution is 5.10. The van der Waals surface area contributed by atoms with E-state index in [0.717, 1.165) is 0 Å². The van der Waals surface area contributed by atoms with Gasteiger partial charge < -0.3 is 15.3 Å². The van der Waals surface area contributed by atoms with E-state index in [9.17, 15) is 18.7 Å². The topological polar surface area (TPSA) is 109 Å².